The fourth-order valence-corrected chi connectivity index (χ4v) is 2.18. The van der Waals surface area contributed by atoms with Crippen LogP contribution in [0.5, 0.6) is 0 Å². The normalized spacial score (nSPS) is 24.8. The van der Waals surface area contributed by atoms with Gasteiger partial charge in [0.1, 0.15) is 5.54 Å². The van der Waals surface area contributed by atoms with Crippen molar-refractivity contribution in [2.45, 2.75) is 12.0 Å². The molecule has 1 aliphatic heterocycles. The topological polar surface area (TPSA) is 66.6 Å². The minimum Gasteiger partial charge on any atom is -0.480 e. The Kier molecular flexibility index (Phi) is 2.78. The van der Waals surface area contributed by atoms with Crippen LogP contribution in [0.4, 0.5) is 5.69 Å². The third kappa shape index (κ3) is 1.86. The van der Waals surface area contributed by atoms with Crippen LogP contribution in [0.2, 0.25) is 5.02 Å². The second-order valence-electron chi connectivity index (χ2n) is 4.08. The molecule has 1 aromatic carbocycles. The van der Waals surface area contributed by atoms with Crippen molar-refractivity contribution in [2.24, 2.45) is 5.73 Å². The number of para-hydroxylation sites is 1. The van der Waals surface area contributed by atoms with Gasteiger partial charge in [-0.15, -0.1) is 0 Å². The van der Waals surface area contributed by atoms with Crippen molar-refractivity contribution in [3.8, 4) is 0 Å². The molecule has 1 heterocycles. The van der Waals surface area contributed by atoms with E-state index in [0.717, 1.165) is 5.69 Å². The van der Waals surface area contributed by atoms with E-state index in [0.29, 0.717) is 24.5 Å². The standard InChI is InChI=1S/C11H13ClN2O2/c12-8-3-1-2-4-9(8)14-6-5-11(13,7-14)10(15)16/h1-4H,5-7,13H2,(H,15,16). The molecular weight excluding hydrogens is 228 g/mol. The number of halogens is 1. The van der Waals surface area contributed by atoms with Gasteiger partial charge in [-0.3, -0.25) is 4.79 Å². The van der Waals surface area contributed by atoms with Gasteiger partial charge >= 0.3 is 5.97 Å². The van der Waals surface area contributed by atoms with Crippen LogP contribution >= 0.6 is 11.6 Å². The van der Waals surface area contributed by atoms with Crippen molar-refractivity contribution in [1.82, 2.24) is 0 Å². The Balaban J connectivity index is 2.22. The summed E-state index contributed by atoms with van der Waals surface area (Å²) in [6, 6.07) is 7.37. The highest BCUT2D eigenvalue weighted by molar-refractivity contribution is 6.33. The Bertz CT molecular complexity index is 424. The maximum atomic E-state index is 11.0. The summed E-state index contributed by atoms with van der Waals surface area (Å²) < 4.78 is 0. The summed E-state index contributed by atoms with van der Waals surface area (Å²) in [5, 5.41) is 9.64. The molecule has 1 saturated heterocycles. The molecule has 1 atom stereocenters. The molecule has 86 valence electrons. The van der Waals surface area contributed by atoms with E-state index in [1.54, 1.807) is 6.07 Å². The maximum absolute atomic E-state index is 11.0. The molecule has 5 heteroatoms. The van der Waals surface area contributed by atoms with Gasteiger partial charge in [-0.1, -0.05) is 23.7 Å². The Morgan fingerprint density at radius 1 is 1.50 bits per heavy atom. The number of carboxylic acids is 1. The van der Waals surface area contributed by atoms with Crippen molar-refractivity contribution < 1.29 is 9.90 Å². The second kappa shape index (κ2) is 3.96. The molecule has 1 aliphatic rings. The Morgan fingerprint density at radius 3 is 2.75 bits per heavy atom. The molecule has 0 bridgehead atoms. The van der Waals surface area contributed by atoms with Crippen molar-refractivity contribution >= 4 is 23.3 Å². The molecule has 1 unspecified atom stereocenters. The maximum Gasteiger partial charge on any atom is 0.325 e. The van der Waals surface area contributed by atoms with Crippen molar-refractivity contribution in [2.75, 3.05) is 18.0 Å². The molecule has 0 spiro atoms. The predicted molar refractivity (Wildman–Crippen MR) is 62.8 cm³/mol. The Hall–Kier alpha value is -1.26. The molecule has 0 saturated carbocycles. The van der Waals surface area contributed by atoms with E-state index in [9.17, 15) is 4.79 Å². The summed E-state index contributed by atoms with van der Waals surface area (Å²) in [6.45, 7) is 0.915. The van der Waals surface area contributed by atoms with Gasteiger partial charge in [0.05, 0.1) is 10.7 Å². The van der Waals surface area contributed by atoms with Crippen LogP contribution in [-0.2, 0) is 4.79 Å². The van der Waals surface area contributed by atoms with Crippen LogP contribution < -0.4 is 10.6 Å². The van der Waals surface area contributed by atoms with E-state index in [1.165, 1.54) is 0 Å². The quantitative estimate of drug-likeness (QED) is 0.819. The van der Waals surface area contributed by atoms with E-state index in [1.807, 2.05) is 23.1 Å². The number of hydrogen-bond donors (Lipinski definition) is 2. The van der Waals surface area contributed by atoms with E-state index in [2.05, 4.69) is 0 Å². The Morgan fingerprint density at radius 2 is 2.19 bits per heavy atom. The molecule has 0 radical (unpaired) electrons. The Labute approximate surface area is 98.6 Å². The number of hydrogen-bond acceptors (Lipinski definition) is 3. The molecule has 1 aromatic rings. The summed E-state index contributed by atoms with van der Waals surface area (Å²) in [6.07, 6.45) is 0.438. The van der Waals surface area contributed by atoms with Crippen molar-refractivity contribution in [1.29, 1.82) is 0 Å². The van der Waals surface area contributed by atoms with Gasteiger partial charge < -0.3 is 15.7 Å². The van der Waals surface area contributed by atoms with E-state index in [4.69, 9.17) is 22.4 Å². The lowest BCUT2D eigenvalue weighted by Crippen LogP contribution is -2.50. The number of nitrogens with zero attached hydrogens (tertiary/aromatic N) is 1. The largest absolute Gasteiger partial charge is 0.480 e. The zero-order chi connectivity index (χ0) is 11.8. The predicted octanol–water partition coefficient (Wildman–Crippen LogP) is 1.33. The zero-order valence-electron chi connectivity index (χ0n) is 8.69. The van der Waals surface area contributed by atoms with Gasteiger partial charge in [-0.25, -0.2) is 0 Å². The first-order valence-electron chi connectivity index (χ1n) is 5.05. The molecule has 1 fully saturated rings. The molecule has 0 aromatic heterocycles. The summed E-state index contributed by atoms with van der Waals surface area (Å²) in [7, 11) is 0. The van der Waals surface area contributed by atoms with E-state index < -0.39 is 11.5 Å². The van der Waals surface area contributed by atoms with E-state index >= 15 is 0 Å². The summed E-state index contributed by atoms with van der Waals surface area (Å²) in [4.78, 5) is 12.9. The molecule has 2 rings (SSSR count). The number of anilines is 1. The minimum absolute atomic E-state index is 0.298. The van der Waals surface area contributed by atoms with Crippen LogP contribution in [0.3, 0.4) is 0 Å². The fourth-order valence-electron chi connectivity index (χ4n) is 1.92. The first kappa shape index (κ1) is 11.2. The molecule has 0 amide bonds. The zero-order valence-corrected chi connectivity index (χ0v) is 9.44. The summed E-state index contributed by atoms with van der Waals surface area (Å²) in [5.74, 6) is -0.956. The third-order valence-electron chi connectivity index (χ3n) is 2.92. The first-order chi connectivity index (χ1) is 7.53. The molecule has 16 heavy (non-hydrogen) atoms. The lowest BCUT2D eigenvalue weighted by molar-refractivity contribution is -0.142. The summed E-state index contributed by atoms with van der Waals surface area (Å²) in [5.41, 5.74) is 5.49. The first-order valence-corrected chi connectivity index (χ1v) is 5.42. The highest BCUT2D eigenvalue weighted by Gasteiger charge is 2.41. The summed E-state index contributed by atoms with van der Waals surface area (Å²) >= 11 is 6.05. The lowest BCUT2D eigenvalue weighted by Gasteiger charge is -2.22. The second-order valence-corrected chi connectivity index (χ2v) is 4.49. The fraction of sp³-hybridized carbons (Fsp3) is 0.364. The van der Waals surface area contributed by atoms with E-state index in [-0.39, 0.29) is 0 Å². The smallest absolute Gasteiger partial charge is 0.325 e. The van der Waals surface area contributed by atoms with Crippen LogP contribution in [0.25, 0.3) is 0 Å². The molecule has 0 aliphatic carbocycles. The average molecular weight is 241 g/mol. The number of rotatable bonds is 2. The highest BCUT2D eigenvalue weighted by Crippen LogP contribution is 2.30. The van der Waals surface area contributed by atoms with Crippen LogP contribution in [0, 0.1) is 0 Å². The number of benzene rings is 1. The average Bonchev–Trinajstić information content (AvgIpc) is 2.63. The number of carbonyl (C=O) groups is 1. The molecule has 4 nitrogen and oxygen atoms in total. The van der Waals surface area contributed by atoms with Crippen LogP contribution in [-0.4, -0.2) is 29.7 Å². The monoisotopic (exact) mass is 240 g/mol. The SMILES string of the molecule is NC1(C(=O)O)CCN(c2ccccc2Cl)C1. The number of carboxylic acid groups (broad SMARTS) is 1. The lowest BCUT2D eigenvalue weighted by atomic mass is 10.0. The minimum atomic E-state index is -1.15. The third-order valence-corrected chi connectivity index (χ3v) is 3.24. The number of nitrogens with two attached hydrogens (primary N) is 1. The van der Waals surface area contributed by atoms with Crippen LogP contribution in [0.15, 0.2) is 24.3 Å². The van der Waals surface area contributed by atoms with Crippen molar-refractivity contribution in [3.63, 3.8) is 0 Å². The van der Waals surface area contributed by atoms with Gasteiger partial charge in [-0.05, 0) is 18.6 Å². The van der Waals surface area contributed by atoms with Gasteiger partial charge in [-0.2, -0.15) is 0 Å². The van der Waals surface area contributed by atoms with Gasteiger partial charge in [0.2, 0.25) is 0 Å². The van der Waals surface area contributed by atoms with Crippen LogP contribution in [0.1, 0.15) is 6.42 Å². The highest BCUT2D eigenvalue weighted by atomic mass is 35.5. The van der Waals surface area contributed by atoms with Crippen molar-refractivity contribution in [3.05, 3.63) is 29.3 Å². The van der Waals surface area contributed by atoms with Gasteiger partial charge in [0.15, 0.2) is 0 Å². The molecule has 3 N–H and O–H groups in total. The number of aliphatic carboxylic acids is 1. The van der Waals surface area contributed by atoms with Gasteiger partial charge in [0, 0.05) is 13.1 Å². The van der Waals surface area contributed by atoms with Gasteiger partial charge in [0.25, 0.3) is 0 Å². The molecular formula is C11H13ClN2O2.